The van der Waals surface area contributed by atoms with Crippen LogP contribution in [0.4, 0.5) is 10.1 Å². The quantitative estimate of drug-likeness (QED) is 0.898. The zero-order chi connectivity index (χ0) is 15.5. The molecule has 4 nitrogen and oxygen atoms in total. The fourth-order valence-electron chi connectivity index (χ4n) is 1.74. The van der Waals surface area contributed by atoms with Crippen LogP contribution in [-0.2, 0) is 15.8 Å². The summed E-state index contributed by atoms with van der Waals surface area (Å²) in [5, 5.41) is 8.96. The van der Waals surface area contributed by atoms with Crippen LogP contribution >= 0.6 is 15.9 Å². The fourth-order valence-corrected chi connectivity index (χ4v) is 3.33. The smallest absolute Gasteiger partial charge is 0.236 e. The van der Waals surface area contributed by atoms with E-state index in [1.165, 1.54) is 12.1 Å². The number of rotatable bonds is 4. The maximum atomic E-state index is 13.1. The molecule has 0 bridgehead atoms. The minimum atomic E-state index is -3.69. The lowest BCUT2D eigenvalue weighted by Gasteiger charge is -2.09. The van der Waals surface area contributed by atoms with Gasteiger partial charge in [0.05, 0.1) is 21.9 Å². The molecule has 0 amide bonds. The number of nitrogens with one attached hydrogen (secondary N) is 1. The van der Waals surface area contributed by atoms with E-state index in [4.69, 9.17) is 5.26 Å². The van der Waals surface area contributed by atoms with Gasteiger partial charge in [0.1, 0.15) is 5.82 Å². The number of nitrogens with zero attached hydrogens (tertiary/aromatic N) is 1. The Kier molecular flexibility index (Phi) is 4.60. The molecule has 1 N–H and O–H groups in total. The Morgan fingerprint density at radius 1 is 1.24 bits per heavy atom. The van der Waals surface area contributed by atoms with Crippen LogP contribution in [0, 0.1) is 17.1 Å². The van der Waals surface area contributed by atoms with Crippen LogP contribution in [0.5, 0.6) is 0 Å². The summed E-state index contributed by atoms with van der Waals surface area (Å²) in [6.45, 7) is 0. The van der Waals surface area contributed by atoms with Crippen molar-refractivity contribution in [1.29, 1.82) is 5.26 Å². The van der Waals surface area contributed by atoms with E-state index in [2.05, 4.69) is 20.7 Å². The molecule has 2 aromatic carbocycles. The molecular weight excluding hydrogens is 359 g/mol. The minimum Gasteiger partial charge on any atom is -0.283 e. The van der Waals surface area contributed by atoms with Gasteiger partial charge in [0.15, 0.2) is 0 Å². The van der Waals surface area contributed by atoms with Crippen LogP contribution in [0.3, 0.4) is 0 Å². The predicted octanol–water partition coefficient (Wildman–Crippen LogP) is 3.40. The van der Waals surface area contributed by atoms with Crippen LogP contribution in [0.15, 0.2) is 46.9 Å². The van der Waals surface area contributed by atoms with E-state index >= 15 is 0 Å². The molecule has 0 aliphatic rings. The number of nitriles is 1. The van der Waals surface area contributed by atoms with E-state index in [-0.39, 0.29) is 15.9 Å². The first kappa shape index (κ1) is 15.5. The van der Waals surface area contributed by atoms with Crippen molar-refractivity contribution >= 4 is 31.6 Å². The highest BCUT2D eigenvalue weighted by Crippen LogP contribution is 2.22. The van der Waals surface area contributed by atoms with Gasteiger partial charge in [-0.3, -0.25) is 4.72 Å². The maximum Gasteiger partial charge on any atom is 0.236 e. The average molecular weight is 369 g/mol. The summed E-state index contributed by atoms with van der Waals surface area (Å²) in [5.74, 6) is -0.807. The van der Waals surface area contributed by atoms with Crippen molar-refractivity contribution in [1.82, 2.24) is 0 Å². The number of benzene rings is 2. The van der Waals surface area contributed by atoms with Crippen LogP contribution in [0.25, 0.3) is 0 Å². The van der Waals surface area contributed by atoms with Gasteiger partial charge < -0.3 is 0 Å². The summed E-state index contributed by atoms with van der Waals surface area (Å²) >= 11 is 2.99. The normalized spacial score (nSPS) is 10.9. The molecule has 108 valence electrons. The largest absolute Gasteiger partial charge is 0.283 e. The molecule has 21 heavy (non-hydrogen) atoms. The van der Waals surface area contributed by atoms with E-state index in [0.29, 0.717) is 11.1 Å². The van der Waals surface area contributed by atoms with Gasteiger partial charge in [0, 0.05) is 5.69 Å². The van der Waals surface area contributed by atoms with Gasteiger partial charge >= 0.3 is 0 Å². The summed E-state index contributed by atoms with van der Waals surface area (Å²) < 4.78 is 39.8. The SMILES string of the molecule is N#Cc1ccccc1CS(=O)(=O)Nc1ccc(F)c(Br)c1. The molecule has 0 saturated heterocycles. The lowest BCUT2D eigenvalue weighted by atomic mass is 10.1. The highest BCUT2D eigenvalue weighted by Gasteiger charge is 2.15. The van der Waals surface area contributed by atoms with Crippen molar-refractivity contribution in [3.63, 3.8) is 0 Å². The fraction of sp³-hybridized carbons (Fsp3) is 0.0714. The second-order valence-corrected chi connectivity index (χ2v) is 6.84. The molecule has 0 aliphatic heterocycles. The minimum absolute atomic E-state index is 0.167. The lowest BCUT2D eigenvalue weighted by Crippen LogP contribution is -2.15. The molecule has 2 aromatic rings. The number of anilines is 1. The standard InChI is InChI=1S/C14H10BrFN2O2S/c15-13-7-12(5-6-14(13)16)18-21(19,20)9-11-4-2-1-3-10(11)8-17/h1-7,18H,9H2. The monoisotopic (exact) mass is 368 g/mol. The molecule has 7 heteroatoms. The van der Waals surface area contributed by atoms with Gasteiger partial charge in [-0.05, 0) is 45.8 Å². The molecule has 0 saturated carbocycles. The van der Waals surface area contributed by atoms with E-state index in [1.54, 1.807) is 24.3 Å². The number of hydrogen-bond acceptors (Lipinski definition) is 3. The van der Waals surface area contributed by atoms with Crippen LogP contribution < -0.4 is 4.72 Å². The van der Waals surface area contributed by atoms with Gasteiger partial charge in [-0.25, -0.2) is 12.8 Å². The van der Waals surface area contributed by atoms with Crippen molar-refractivity contribution in [2.45, 2.75) is 5.75 Å². The first-order valence-corrected chi connectivity index (χ1v) is 8.29. The summed E-state index contributed by atoms with van der Waals surface area (Å²) in [6, 6.07) is 12.2. The molecule has 0 unspecified atom stereocenters. The van der Waals surface area contributed by atoms with E-state index < -0.39 is 15.8 Å². The zero-order valence-electron chi connectivity index (χ0n) is 10.7. The number of sulfonamides is 1. The van der Waals surface area contributed by atoms with Crippen molar-refractivity contribution in [2.24, 2.45) is 0 Å². The Balaban J connectivity index is 2.23. The van der Waals surface area contributed by atoms with Crippen molar-refractivity contribution < 1.29 is 12.8 Å². The molecule has 0 aromatic heterocycles. The first-order valence-electron chi connectivity index (χ1n) is 5.85. The van der Waals surface area contributed by atoms with E-state index in [9.17, 15) is 12.8 Å². The van der Waals surface area contributed by atoms with Crippen LogP contribution in [0.1, 0.15) is 11.1 Å². The van der Waals surface area contributed by atoms with Crippen LogP contribution in [0.2, 0.25) is 0 Å². The van der Waals surface area contributed by atoms with Crippen molar-refractivity contribution in [3.8, 4) is 6.07 Å². The summed E-state index contributed by atoms with van der Waals surface area (Å²) in [5.41, 5.74) is 0.967. The highest BCUT2D eigenvalue weighted by molar-refractivity contribution is 9.10. The average Bonchev–Trinajstić information content (AvgIpc) is 2.43. The zero-order valence-corrected chi connectivity index (χ0v) is 13.1. The number of hydrogen-bond donors (Lipinski definition) is 1. The molecule has 2 rings (SSSR count). The van der Waals surface area contributed by atoms with Crippen LogP contribution in [-0.4, -0.2) is 8.42 Å². The Morgan fingerprint density at radius 3 is 2.62 bits per heavy atom. The van der Waals surface area contributed by atoms with Crippen molar-refractivity contribution in [2.75, 3.05) is 4.72 Å². The predicted molar refractivity (Wildman–Crippen MR) is 81.5 cm³/mol. The second kappa shape index (κ2) is 6.24. The Morgan fingerprint density at radius 2 is 1.95 bits per heavy atom. The van der Waals surface area contributed by atoms with Gasteiger partial charge in [0.2, 0.25) is 10.0 Å². The van der Waals surface area contributed by atoms with Crippen molar-refractivity contribution in [3.05, 3.63) is 63.9 Å². The number of halogens is 2. The summed E-state index contributed by atoms with van der Waals surface area (Å²) in [4.78, 5) is 0. The van der Waals surface area contributed by atoms with Gasteiger partial charge in [-0.2, -0.15) is 5.26 Å². The van der Waals surface area contributed by atoms with Gasteiger partial charge in [0.25, 0.3) is 0 Å². The molecule has 0 spiro atoms. The van der Waals surface area contributed by atoms with Gasteiger partial charge in [-0.1, -0.05) is 18.2 Å². The Bertz CT molecular complexity index is 816. The van der Waals surface area contributed by atoms with E-state index in [0.717, 1.165) is 6.07 Å². The molecule has 0 heterocycles. The van der Waals surface area contributed by atoms with Gasteiger partial charge in [-0.15, -0.1) is 0 Å². The summed E-state index contributed by atoms with van der Waals surface area (Å²) in [7, 11) is -3.69. The third-order valence-corrected chi connectivity index (χ3v) is 4.52. The third-order valence-electron chi connectivity index (χ3n) is 2.68. The lowest BCUT2D eigenvalue weighted by molar-refractivity contribution is 0.600. The molecule has 0 fully saturated rings. The Hall–Kier alpha value is -1.91. The molecular formula is C14H10BrFN2O2S. The molecule has 0 radical (unpaired) electrons. The highest BCUT2D eigenvalue weighted by atomic mass is 79.9. The first-order chi connectivity index (χ1) is 9.91. The second-order valence-electron chi connectivity index (χ2n) is 4.26. The summed E-state index contributed by atoms with van der Waals surface area (Å²) in [6.07, 6.45) is 0. The van der Waals surface area contributed by atoms with E-state index in [1.807, 2.05) is 6.07 Å². The topological polar surface area (TPSA) is 70.0 Å². The third kappa shape index (κ3) is 4.03. The molecule has 0 atom stereocenters. The maximum absolute atomic E-state index is 13.1. The molecule has 0 aliphatic carbocycles. The Labute approximate surface area is 130 Å².